The molecule has 3 aromatic carbocycles. The lowest BCUT2D eigenvalue weighted by Gasteiger charge is -2.14. The number of nitro groups is 1. The van der Waals surface area contributed by atoms with Crippen LogP contribution in [0.25, 0.3) is 10.9 Å². The van der Waals surface area contributed by atoms with Gasteiger partial charge in [-0.15, -0.1) is 0 Å². The van der Waals surface area contributed by atoms with E-state index in [4.69, 9.17) is 4.74 Å². The van der Waals surface area contributed by atoms with Crippen LogP contribution < -0.4 is 10.3 Å². The summed E-state index contributed by atoms with van der Waals surface area (Å²) < 4.78 is 21.3. The molecule has 0 aliphatic carbocycles. The van der Waals surface area contributed by atoms with Gasteiger partial charge in [-0.05, 0) is 48.4 Å². The molecule has 10 heteroatoms. The summed E-state index contributed by atoms with van der Waals surface area (Å²) in [4.78, 5) is 28.9. The number of nitro benzene ring substituents is 1. The average molecular weight is 553 g/mol. The maximum absolute atomic E-state index is 13.5. The molecule has 1 heterocycles. The van der Waals surface area contributed by atoms with Crippen LogP contribution in [0.4, 0.5) is 10.1 Å². The van der Waals surface area contributed by atoms with Crippen molar-refractivity contribution < 1.29 is 14.1 Å². The third-order valence-corrected chi connectivity index (χ3v) is 6.18. The molecule has 4 aromatic rings. The van der Waals surface area contributed by atoms with Gasteiger partial charge >= 0.3 is 0 Å². The predicted molar refractivity (Wildman–Crippen MR) is 139 cm³/mol. The maximum Gasteiger partial charge on any atom is 0.282 e. The number of aromatic nitrogens is 2. The predicted octanol–water partition coefficient (Wildman–Crippen LogP) is 6.18. The zero-order valence-electron chi connectivity index (χ0n) is 19.5. The van der Waals surface area contributed by atoms with E-state index in [2.05, 4.69) is 26.0 Å². The fourth-order valence-electron chi connectivity index (χ4n) is 3.57. The first kappa shape index (κ1) is 25.2. The summed E-state index contributed by atoms with van der Waals surface area (Å²) in [7, 11) is 0. The molecule has 1 aromatic heterocycles. The molecular formula is C26H22BrFN4O4. The summed E-state index contributed by atoms with van der Waals surface area (Å²) in [5.74, 6) is 0.301. The highest BCUT2D eigenvalue weighted by atomic mass is 79.9. The molecule has 0 radical (unpaired) electrons. The van der Waals surface area contributed by atoms with Crippen molar-refractivity contribution in [2.24, 2.45) is 5.10 Å². The normalized spacial score (nSPS) is 12.2. The Morgan fingerprint density at radius 3 is 2.75 bits per heavy atom. The van der Waals surface area contributed by atoms with Crippen molar-refractivity contribution in [1.82, 2.24) is 9.66 Å². The molecule has 0 saturated heterocycles. The highest BCUT2D eigenvalue weighted by molar-refractivity contribution is 9.10. The lowest BCUT2D eigenvalue weighted by atomic mass is 10.1. The average Bonchev–Trinajstić information content (AvgIpc) is 2.86. The molecule has 0 bridgehead atoms. The number of nitrogens with zero attached hydrogens (tertiary/aromatic N) is 4. The summed E-state index contributed by atoms with van der Waals surface area (Å²) in [6.45, 7) is 3.97. The first-order chi connectivity index (χ1) is 17.3. The Morgan fingerprint density at radius 1 is 1.22 bits per heavy atom. The third kappa shape index (κ3) is 5.49. The Hall–Kier alpha value is -3.92. The second-order valence-electron chi connectivity index (χ2n) is 8.20. The molecule has 0 fully saturated rings. The highest BCUT2D eigenvalue weighted by Gasteiger charge is 2.17. The monoisotopic (exact) mass is 552 g/mol. The molecule has 36 heavy (non-hydrogen) atoms. The molecule has 0 unspecified atom stereocenters. The van der Waals surface area contributed by atoms with Crippen LogP contribution in [0.1, 0.15) is 43.1 Å². The van der Waals surface area contributed by atoms with Gasteiger partial charge in [-0.25, -0.2) is 9.37 Å². The Morgan fingerprint density at radius 2 is 2.03 bits per heavy atom. The van der Waals surface area contributed by atoms with E-state index in [0.29, 0.717) is 28.0 Å². The van der Waals surface area contributed by atoms with Crippen LogP contribution in [-0.4, -0.2) is 20.8 Å². The van der Waals surface area contributed by atoms with Crippen molar-refractivity contribution in [2.75, 3.05) is 0 Å². The Labute approximate surface area is 214 Å². The van der Waals surface area contributed by atoms with Crippen molar-refractivity contribution in [3.05, 3.63) is 108 Å². The minimum Gasteiger partial charge on any atom is -0.488 e. The topological polar surface area (TPSA) is 99.6 Å². The van der Waals surface area contributed by atoms with Crippen molar-refractivity contribution in [3.8, 4) is 5.75 Å². The molecule has 0 saturated carbocycles. The molecule has 0 aliphatic rings. The van der Waals surface area contributed by atoms with Crippen LogP contribution in [0, 0.1) is 15.9 Å². The van der Waals surface area contributed by atoms with Crippen molar-refractivity contribution in [3.63, 3.8) is 0 Å². The number of ether oxygens (including phenoxy) is 1. The lowest BCUT2D eigenvalue weighted by molar-refractivity contribution is -0.384. The number of rotatable bonds is 8. The first-order valence-corrected chi connectivity index (χ1v) is 12.0. The van der Waals surface area contributed by atoms with Gasteiger partial charge in [-0.2, -0.15) is 9.78 Å². The summed E-state index contributed by atoms with van der Waals surface area (Å²) in [6.07, 6.45) is 2.06. The van der Waals surface area contributed by atoms with E-state index >= 15 is 0 Å². The maximum atomic E-state index is 13.5. The number of non-ortho nitro benzene ring substituents is 1. The summed E-state index contributed by atoms with van der Waals surface area (Å²) >= 11 is 3.38. The highest BCUT2D eigenvalue weighted by Crippen LogP contribution is 2.25. The van der Waals surface area contributed by atoms with Crippen molar-refractivity contribution >= 4 is 38.7 Å². The first-order valence-electron chi connectivity index (χ1n) is 11.2. The van der Waals surface area contributed by atoms with Gasteiger partial charge in [0.1, 0.15) is 24.0 Å². The number of fused-ring (bicyclic) bond motifs is 1. The zero-order valence-corrected chi connectivity index (χ0v) is 21.1. The minimum atomic E-state index is -0.528. The number of benzene rings is 3. The SMILES string of the molecule is CC[C@H](C)c1nc2ccc(Br)cc2c(=O)n1N=Cc1cc([N+](=O)[O-])ccc1OCc1cccc(F)c1. The van der Waals surface area contributed by atoms with E-state index in [1.54, 1.807) is 24.3 Å². The van der Waals surface area contributed by atoms with E-state index in [9.17, 15) is 19.3 Å². The molecule has 8 nitrogen and oxygen atoms in total. The fourth-order valence-corrected chi connectivity index (χ4v) is 3.93. The van der Waals surface area contributed by atoms with Crippen LogP contribution in [0.3, 0.4) is 0 Å². The van der Waals surface area contributed by atoms with E-state index < -0.39 is 10.7 Å². The fraction of sp³-hybridized carbons (Fsp3) is 0.192. The number of hydrogen-bond acceptors (Lipinski definition) is 6. The molecule has 184 valence electrons. The van der Waals surface area contributed by atoms with E-state index in [1.807, 2.05) is 19.9 Å². The number of hydrogen-bond donors (Lipinski definition) is 0. The van der Waals surface area contributed by atoms with Gasteiger partial charge in [-0.3, -0.25) is 14.9 Å². The lowest BCUT2D eigenvalue weighted by Crippen LogP contribution is -2.23. The summed E-state index contributed by atoms with van der Waals surface area (Å²) in [5.41, 5.74) is 0.914. The number of halogens is 2. The van der Waals surface area contributed by atoms with Crippen LogP contribution in [0.5, 0.6) is 5.75 Å². The summed E-state index contributed by atoms with van der Waals surface area (Å²) in [5, 5.41) is 16.2. The van der Waals surface area contributed by atoms with Gasteiger partial charge in [0.25, 0.3) is 11.2 Å². The van der Waals surface area contributed by atoms with Crippen LogP contribution in [0.2, 0.25) is 0 Å². The quantitative estimate of drug-likeness (QED) is 0.147. The Kier molecular flexibility index (Phi) is 7.54. The van der Waals surface area contributed by atoms with Crippen molar-refractivity contribution in [2.45, 2.75) is 32.8 Å². The van der Waals surface area contributed by atoms with Crippen molar-refractivity contribution in [1.29, 1.82) is 0 Å². The Balaban J connectivity index is 1.79. The van der Waals surface area contributed by atoms with E-state index in [-0.39, 0.29) is 29.3 Å². The van der Waals surface area contributed by atoms with Crippen LogP contribution >= 0.6 is 15.9 Å². The van der Waals surface area contributed by atoms with Gasteiger partial charge < -0.3 is 4.74 Å². The molecule has 4 rings (SSSR count). The molecule has 0 amide bonds. The van der Waals surface area contributed by atoms with Gasteiger partial charge in [0.15, 0.2) is 0 Å². The molecule has 0 aliphatic heterocycles. The molecular weight excluding hydrogens is 531 g/mol. The minimum absolute atomic E-state index is 0.0417. The smallest absolute Gasteiger partial charge is 0.282 e. The second-order valence-corrected chi connectivity index (χ2v) is 9.12. The standard InChI is InChI=1S/C26H22BrFN4O4/c1-3-16(2)25-30-23-9-7-19(27)13-22(23)26(33)31(25)29-14-18-12-21(32(34)35)8-10-24(18)36-15-17-5-4-6-20(28)11-17/h4-14,16H,3,15H2,1-2H3/t16-/m0/s1. The van der Waals surface area contributed by atoms with E-state index in [1.165, 1.54) is 41.2 Å². The third-order valence-electron chi connectivity index (χ3n) is 5.69. The summed E-state index contributed by atoms with van der Waals surface area (Å²) in [6, 6.07) is 15.3. The van der Waals surface area contributed by atoms with Gasteiger partial charge in [0.05, 0.1) is 22.0 Å². The zero-order chi connectivity index (χ0) is 25.8. The van der Waals surface area contributed by atoms with Gasteiger partial charge in [0.2, 0.25) is 0 Å². The van der Waals surface area contributed by atoms with Crippen LogP contribution in [-0.2, 0) is 6.61 Å². The molecule has 0 spiro atoms. The molecule has 1 atom stereocenters. The largest absolute Gasteiger partial charge is 0.488 e. The van der Waals surface area contributed by atoms with Gasteiger partial charge in [-0.1, -0.05) is 41.9 Å². The molecule has 0 N–H and O–H groups in total. The van der Waals surface area contributed by atoms with Crippen LogP contribution in [0.15, 0.2) is 75.0 Å². The Bertz CT molecular complexity index is 1540. The van der Waals surface area contributed by atoms with Gasteiger partial charge in [0, 0.05) is 28.1 Å². The second kappa shape index (κ2) is 10.8. The van der Waals surface area contributed by atoms with E-state index in [0.717, 1.165) is 10.9 Å².